The summed E-state index contributed by atoms with van der Waals surface area (Å²) in [6.07, 6.45) is 1.00. The second-order valence-electron chi connectivity index (χ2n) is 5.46. The Bertz CT molecular complexity index is 601. The summed E-state index contributed by atoms with van der Waals surface area (Å²) in [7, 11) is 1.89. The maximum atomic E-state index is 13.9. The molecule has 0 saturated heterocycles. The molecule has 0 aliphatic rings. The van der Waals surface area contributed by atoms with E-state index in [0.717, 1.165) is 23.9 Å². The summed E-state index contributed by atoms with van der Waals surface area (Å²) in [4.78, 5) is 0. The van der Waals surface area contributed by atoms with E-state index in [1.807, 2.05) is 13.1 Å². The Hall–Kier alpha value is -1.65. The number of likely N-dealkylation sites (N-methyl/N-ethyl adjacent to an activating group) is 1. The predicted octanol–water partition coefficient (Wildman–Crippen LogP) is 2.04. The summed E-state index contributed by atoms with van der Waals surface area (Å²) >= 11 is 0. The lowest BCUT2D eigenvalue weighted by molar-refractivity contribution is 0.333. The summed E-state index contributed by atoms with van der Waals surface area (Å²) < 4.78 is 19.9. The molecule has 0 heterocycles. The van der Waals surface area contributed by atoms with Crippen molar-refractivity contribution in [2.45, 2.75) is 20.3 Å². The Kier molecular flexibility index (Phi) is 6.16. The SMILES string of the molecule is CCc1ccc(B(OCCNC)c2ccc(C)c(F)c2)cc1. The number of benzene rings is 2. The average molecular weight is 299 g/mol. The van der Waals surface area contributed by atoms with E-state index in [1.54, 1.807) is 19.1 Å². The van der Waals surface area contributed by atoms with Gasteiger partial charge in [-0.2, -0.15) is 0 Å². The number of rotatable bonds is 7. The molecule has 0 fully saturated rings. The van der Waals surface area contributed by atoms with Crippen LogP contribution in [0.5, 0.6) is 0 Å². The molecule has 0 aliphatic heterocycles. The Morgan fingerprint density at radius 1 is 1.09 bits per heavy atom. The first-order valence-electron chi connectivity index (χ1n) is 7.76. The van der Waals surface area contributed by atoms with Crippen molar-refractivity contribution in [3.63, 3.8) is 0 Å². The normalized spacial score (nSPS) is 10.7. The molecule has 116 valence electrons. The summed E-state index contributed by atoms with van der Waals surface area (Å²) in [5, 5.41) is 3.07. The van der Waals surface area contributed by atoms with E-state index in [0.29, 0.717) is 12.2 Å². The molecule has 0 spiro atoms. The zero-order valence-electron chi connectivity index (χ0n) is 13.5. The highest BCUT2D eigenvalue weighted by atomic mass is 19.1. The van der Waals surface area contributed by atoms with E-state index < -0.39 is 0 Å². The van der Waals surface area contributed by atoms with E-state index in [4.69, 9.17) is 4.65 Å². The third-order valence-corrected chi connectivity index (χ3v) is 3.83. The first-order valence-corrected chi connectivity index (χ1v) is 7.76. The van der Waals surface area contributed by atoms with Crippen LogP contribution < -0.4 is 16.2 Å². The highest BCUT2D eigenvalue weighted by molar-refractivity contribution is 6.80. The zero-order valence-corrected chi connectivity index (χ0v) is 13.5. The van der Waals surface area contributed by atoms with Crippen molar-refractivity contribution >= 4 is 17.8 Å². The monoisotopic (exact) mass is 299 g/mol. The summed E-state index contributed by atoms with van der Waals surface area (Å²) in [6, 6.07) is 13.7. The lowest BCUT2D eigenvalue weighted by Crippen LogP contribution is -2.46. The lowest BCUT2D eigenvalue weighted by Gasteiger charge is -2.16. The van der Waals surface area contributed by atoms with E-state index >= 15 is 0 Å². The molecule has 0 saturated carbocycles. The molecule has 0 aliphatic carbocycles. The predicted molar refractivity (Wildman–Crippen MR) is 91.9 cm³/mol. The molecule has 2 nitrogen and oxygen atoms in total. The molecule has 2 aromatic rings. The van der Waals surface area contributed by atoms with Crippen molar-refractivity contribution in [2.75, 3.05) is 20.2 Å². The molecule has 2 rings (SSSR count). The molecule has 2 aromatic carbocycles. The minimum absolute atomic E-state index is 0.190. The van der Waals surface area contributed by atoms with Crippen LogP contribution in [0.25, 0.3) is 0 Å². The van der Waals surface area contributed by atoms with E-state index in [2.05, 4.69) is 36.5 Å². The molecular weight excluding hydrogens is 276 g/mol. The van der Waals surface area contributed by atoms with Gasteiger partial charge in [-0.25, -0.2) is 4.39 Å². The minimum Gasteiger partial charge on any atom is -0.426 e. The van der Waals surface area contributed by atoms with Crippen molar-refractivity contribution in [3.8, 4) is 0 Å². The minimum atomic E-state index is -0.241. The number of aryl methyl sites for hydroxylation is 2. The fraction of sp³-hybridized carbons (Fsp3) is 0.333. The summed E-state index contributed by atoms with van der Waals surface area (Å²) in [6.45, 7) is 5.00. The van der Waals surface area contributed by atoms with Crippen LogP contribution >= 0.6 is 0 Å². The van der Waals surface area contributed by atoms with Crippen LogP contribution in [0.15, 0.2) is 42.5 Å². The molecule has 0 radical (unpaired) electrons. The third kappa shape index (κ3) is 4.18. The number of hydrogen-bond acceptors (Lipinski definition) is 2. The maximum absolute atomic E-state index is 13.9. The van der Waals surface area contributed by atoms with Crippen molar-refractivity contribution in [1.82, 2.24) is 5.32 Å². The van der Waals surface area contributed by atoms with Gasteiger partial charge in [0.25, 0.3) is 0 Å². The van der Waals surface area contributed by atoms with Gasteiger partial charge in [-0.3, -0.25) is 0 Å². The van der Waals surface area contributed by atoms with Gasteiger partial charge in [0.1, 0.15) is 5.82 Å². The van der Waals surface area contributed by atoms with Gasteiger partial charge in [0.2, 0.25) is 0 Å². The van der Waals surface area contributed by atoms with Crippen LogP contribution in [0.3, 0.4) is 0 Å². The molecule has 4 heteroatoms. The Morgan fingerprint density at radius 2 is 1.77 bits per heavy atom. The van der Waals surface area contributed by atoms with Crippen LogP contribution in [0, 0.1) is 12.7 Å². The van der Waals surface area contributed by atoms with Gasteiger partial charge in [-0.15, -0.1) is 0 Å². The number of halogens is 1. The van der Waals surface area contributed by atoms with Crippen molar-refractivity contribution in [3.05, 3.63) is 59.4 Å². The highest BCUT2D eigenvalue weighted by Crippen LogP contribution is 2.05. The van der Waals surface area contributed by atoms with Gasteiger partial charge in [-0.05, 0) is 48.5 Å². The smallest absolute Gasteiger partial charge is 0.361 e. The second kappa shape index (κ2) is 8.11. The maximum Gasteiger partial charge on any atom is 0.361 e. The number of hydrogen-bond donors (Lipinski definition) is 1. The highest BCUT2D eigenvalue weighted by Gasteiger charge is 2.22. The molecular formula is C18H23BFNO. The van der Waals surface area contributed by atoms with Gasteiger partial charge in [0.05, 0.1) is 0 Å². The van der Waals surface area contributed by atoms with Crippen LogP contribution in [0.1, 0.15) is 18.1 Å². The Morgan fingerprint density at radius 3 is 2.36 bits per heavy atom. The fourth-order valence-electron chi connectivity index (χ4n) is 2.36. The van der Waals surface area contributed by atoms with Gasteiger partial charge >= 0.3 is 6.92 Å². The van der Waals surface area contributed by atoms with Crippen LogP contribution in [0.2, 0.25) is 0 Å². The standard InChI is InChI=1S/C18H23BFNO/c1-4-15-6-9-16(10-7-15)19(22-12-11-21-3)17-8-5-14(2)18(20)13-17/h5-10,13,21H,4,11-12H2,1-3H3. The van der Waals surface area contributed by atoms with Crippen LogP contribution in [-0.2, 0) is 11.1 Å². The van der Waals surface area contributed by atoms with Gasteiger partial charge < -0.3 is 9.97 Å². The van der Waals surface area contributed by atoms with Crippen molar-refractivity contribution in [2.24, 2.45) is 0 Å². The zero-order chi connectivity index (χ0) is 15.9. The van der Waals surface area contributed by atoms with E-state index in [1.165, 1.54) is 5.56 Å². The molecule has 0 unspecified atom stereocenters. The molecule has 0 atom stereocenters. The summed E-state index contributed by atoms with van der Waals surface area (Å²) in [5.41, 5.74) is 3.84. The van der Waals surface area contributed by atoms with Crippen molar-refractivity contribution < 1.29 is 9.04 Å². The first kappa shape index (κ1) is 16.7. The van der Waals surface area contributed by atoms with Crippen LogP contribution in [-0.4, -0.2) is 27.1 Å². The topological polar surface area (TPSA) is 21.3 Å². The summed E-state index contributed by atoms with van der Waals surface area (Å²) in [5.74, 6) is -0.190. The fourth-order valence-corrected chi connectivity index (χ4v) is 2.36. The van der Waals surface area contributed by atoms with Gasteiger partial charge in [0, 0.05) is 13.2 Å². The first-order chi connectivity index (χ1) is 10.7. The molecule has 1 N–H and O–H groups in total. The average Bonchev–Trinajstić information content (AvgIpc) is 2.55. The lowest BCUT2D eigenvalue weighted by atomic mass is 9.55. The van der Waals surface area contributed by atoms with Gasteiger partial charge in [0.15, 0.2) is 0 Å². The molecule has 0 amide bonds. The molecule has 0 aromatic heterocycles. The third-order valence-electron chi connectivity index (χ3n) is 3.83. The largest absolute Gasteiger partial charge is 0.426 e. The second-order valence-corrected chi connectivity index (χ2v) is 5.46. The number of nitrogens with one attached hydrogen (secondary N) is 1. The molecule has 0 bridgehead atoms. The Balaban J connectivity index is 2.29. The molecule has 22 heavy (non-hydrogen) atoms. The van der Waals surface area contributed by atoms with E-state index in [-0.39, 0.29) is 12.7 Å². The van der Waals surface area contributed by atoms with Gasteiger partial charge in [-0.1, -0.05) is 43.3 Å². The Labute approximate surface area is 132 Å². The van der Waals surface area contributed by atoms with Crippen LogP contribution in [0.4, 0.5) is 4.39 Å². The quantitative estimate of drug-likeness (QED) is 0.624. The van der Waals surface area contributed by atoms with E-state index in [9.17, 15) is 4.39 Å². The van der Waals surface area contributed by atoms with Crippen molar-refractivity contribution in [1.29, 1.82) is 0 Å².